The summed E-state index contributed by atoms with van der Waals surface area (Å²) in [5, 5.41) is 5.98. The second-order valence-corrected chi connectivity index (χ2v) is 5.69. The third kappa shape index (κ3) is 3.95. The highest BCUT2D eigenvalue weighted by Crippen LogP contribution is 2.29. The van der Waals surface area contributed by atoms with E-state index in [0.29, 0.717) is 22.8 Å². The third-order valence-electron chi connectivity index (χ3n) is 3.74. The van der Waals surface area contributed by atoms with Gasteiger partial charge in [0.15, 0.2) is 0 Å². The summed E-state index contributed by atoms with van der Waals surface area (Å²) in [5.41, 5.74) is 7.04. The van der Waals surface area contributed by atoms with E-state index in [2.05, 4.69) is 10.6 Å². The molecule has 0 heterocycles. The lowest BCUT2D eigenvalue weighted by Crippen LogP contribution is -2.34. The molecule has 1 aliphatic rings. The number of nitrogens with two attached hydrogens (primary N) is 1. The minimum atomic E-state index is -0.171. The molecule has 2 unspecified atom stereocenters. The Hall–Kier alpha value is -1.59. The Morgan fingerprint density at radius 2 is 2.10 bits per heavy atom. The van der Waals surface area contributed by atoms with Gasteiger partial charge in [0.1, 0.15) is 0 Å². The van der Waals surface area contributed by atoms with Crippen LogP contribution >= 0.6 is 11.6 Å². The molecule has 0 saturated heterocycles. The number of carbonyl (C=O) groups is 2. The second-order valence-electron chi connectivity index (χ2n) is 5.29. The Labute approximate surface area is 129 Å². The molecule has 1 saturated carbocycles. The van der Waals surface area contributed by atoms with Crippen molar-refractivity contribution in [2.75, 3.05) is 10.6 Å². The Morgan fingerprint density at radius 3 is 2.71 bits per heavy atom. The number of hydrogen-bond donors (Lipinski definition) is 3. The SMILES string of the molecule is CCC(=O)Nc1ccc(Cl)c(NC(=O)C2CCCC2N)c1. The zero-order valence-corrected chi connectivity index (χ0v) is 12.7. The first-order valence-electron chi connectivity index (χ1n) is 7.17. The van der Waals surface area contributed by atoms with E-state index in [1.807, 2.05) is 0 Å². The topological polar surface area (TPSA) is 84.2 Å². The lowest BCUT2D eigenvalue weighted by Gasteiger charge is -2.16. The van der Waals surface area contributed by atoms with Gasteiger partial charge in [-0.25, -0.2) is 0 Å². The predicted molar refractivity (Wildman–Crippen MR) is 84.3 cm³/mol. The Morgan fingerprint density at radius 1 is 1.33 bits per heavy atom. The average molecular weight is 310 g/mol. The summed E-state index contributed by atoms with van der Waals surface area (Å²) in [6.45, 7) is 1.77. The fourth-order valence-corrected chi connectivity index (χ4v) is 2.65. The fraction of sp³-hybridized carbons (Fsp3) is 0.467. The summed E-state index contributed by atoms with van der Waals surface area (Å²) >= 11 is 6.10. The van der Waals surface area contributed by atoms with Gasteiger partial charge in [0.25, 0.3) is 0 Å². The number of nitrogens with one attached hydrogen (secondary N) is 2. The summed E-state index contributed by atoms with van der Waals surface area (Å²) < 4.78 is 0. The Bertz CT molecular complexity index is 548. The second kappa shape index (κ2) is 6.91. The van der Waals surface area contributed by atoms with Crippen LogP contribution in [0.25, 0.3) is 0 Å². The quantitative estimate of drug-likeness (QED) is 0.799. The van der Waals surface area contributed by atoms with Gasteiger partial charge in [-0.2, -0.15) is 0 Å². The zero-order chi connectivity index (χ0) is 15.4. The fourth-order valence-electron chi connectivity index (χ4n) is 2.49. The van der Waals surface area contributed by atoms with Crippen molar-refractivity contribution in [3.8, 4) is 0 Å². The largest absolute Gasteiger partial charge is 0.327 e. The van der Waals surface area contributed by atoms with Crippen molar-refractivity contribution in [1.29, 1.82) is 0 Å². The summed E-state index contributed by atoms with van der Waals surface area (Å²) in [4.78, 5) is 23.6. The molecule has 0 aliphatic heterocycles. The van der Waals surface area contributed by atoms with Gasteiger partial charge in [-0.3, -0.25) is 9.59 Å². The van der Waals surface area contributed by atoms with Gasteiger partial charge < -0.3 is 16.4 Å². The van der Waals surface area contributed by atoms with Crippen LogP contribution < -0.4 is 16.4 Å². The highest BCUT2D eigenvalue weighted by Gasteiger charge is 2.30. The van der Waals surface area contributed by atoms with Crippen molar-refractivity contribution in [2.24, 2.45) is 11.7 Å². The number of hydrogen-bond acceptors (Lipinski definition) is 3. The normalized spacial score (nSPS) is 21.1. The maximum absolute atomic E-state index is 12.2. The van der Waals surface area contributed by atoms with E-state index in [1.54, 1.807) is 25.1 Å². The molecule has 2 amide bonds. The molecule has 0 aromatic heterocycles. The Balaban J connectivity index is 2.09. The minimum absolute atomic E-state index is 0.0904. The van der Waals surface area contributed by atoms with Crippen molar-refractivity contribution < 1.29 is 9.59 Å². The standard InChI is InChI=1S/C15H20ClN3O2/c1-2-14(20)18-9-6-7-11(16)13(8-9)19-15(21)10-4-3-5-12(10)17/h6-8,10,12H,2-5,17H2,1H3,(H,18,20)(H,19,21). The molecule has 114 valence electrons. The zero-order valence-electron chi connectivity index (χ0n) is 12.0. The molecule has 0 bridgehead atoms. The molecule has 0 radical (unpaired) electrons. The number of amides is 2. The number of anilines is 2. The molecule has 1 fully saturated rings. The molecule has 6 heteroatoms. The minimum Gasteiger partial charge on any atom is -0.327 e. The summed E-state index contributed by atoms with van der Waals surface area (Å²) in [5.74, 6) is -0.372. The highest BCUT2D eigenvalue weighted by molar-refractivity contribution is 6.33. The molecule has 1 aliphatic carbocycles. The van der Waals surface area contributed by atoms with E-state index in [-0.39, 0.29) is 23.8 Å². The Kier molecular flexibility index (Phi) is 5.20. The maximum atomic E-state index is 12.2. The van der Waals surface area contributed by atoms with Gasteiger partial charge in [0.2, 0.25) is 11.8 Å². The summed E-state index contributed by atoms with van der Waals surface area (Å²) in [6.07, 6.45) is 3.04. The predicted octanol–water partition coefficient (Wildman–Crippen LogP) is 2.75. The van der Waals surface area contributed by atoms with Gasteiger partial charge >= 0.3 is 0 Å². The van der Waals surface area contributed by atoms with Gasteiger partial charge in [0.05, 0.1) is 16.6 Å². The van der Waals surface area contributed by atoms with Crippen LogP contribution in [0.1, 0.15) is 32.6 Å². The smallest absolute Gasteiger partial charge is 0.229 e. The van der Waals surface area contributed by atoms with Gasteiger partial charge in [-0.15, -0.1) is 0 Å². The van der Waals surface area contributed by atoms with Crippen molar-refractivity contribution in [3.05, 3.63) is 23.2 Å². The van der Waals surface area contributed by atoms with Crippen LogP contribution in [0.2, 0.25) is 5.02 Å². The first-order valence-corrected chi connectivity index (χ1v) is 7.55. The van der Waals surface area contributed by atoms with E-state index in [9.17, 15) is 9.59 Å². The summed E-state index contributed by atoms with van der Waals surface area (Å²) in [6, 6.07) is 4.92. The third-order valence-corrected chi connectivity index (χ3v) is 4.06. The monoisotopic (exact) mass is 309 g/mol. The molecule has 0 spiro atoms. The van der Waals surface area contributed by atoms with Gasteiger partial charge in [-0.05, 0) is 31.0 Å². The lowest BCUT2D eigenvalue weighted by molar-refractivity contribution is -0.120. The first kappa shape index (κ1) is 15.8. The van der Waals surface area contributed by atoms with Crippen molar-refractivity contribution in [3.63, 3.8) is 0 Å². The molecule has 4 N–H and O–H groups in total. The van der Waals surface area contributed by atoms with Crippen LogP contribution in [0.15, 0.2) is 18.2 Å². The highest BCUT2D eigenvalue weighted by atomic mass is 35.5. The van der Waals surface area contributed by atoms with Gasteiger partial charge in [-0.1, -0.05) is 24.9 Å². The van der Waals surface area contributed by atoms with Gasteiger partial charge in [0, 0.05) is 18.2 Å². The van der Waals surface area contributed by atoms with Crippen LogP contribution in [0.5, 0.6) is 0 Å². The molecule has 5 nitrogen and oxygen atoms in total. The molecule has 1 aromatic rings. The maximum Gasteiger partial charge on any atom is 0.229 e. The van der Waals surface area contributed by atoms with Crippen LogP contribution in [-0.4, -0.2) is 17.9 Å². The van der Waals surface area contributed by atoms with E-state index in [1.165, 1.54) is 0 Å². The van der Waals surface area contributed by atoms with E-state index in [0.717, 1.165) is 19.3 Å². The van der Waals surface area contributed by atoms with E-state index >= 15 is 0 Å². The van der Waals surface area contributed by atoms with Crippen LogP contribution in [-0.2, 0) is 9.59 Å². The van der Waals surface area contributed by atoms with Crippen molar-refractivity contribution in [2.45, 2.75) is 38.6 Å². The van der Waals surface area contributed by atoms with E-state index in [4.69, 9.17) is 17.3 Å². The number of benzene rings is 1. The van der Waals surface area contributed by atoms with Crippen LogP contribution in [0.4, 0.5) is 11.4 Å². The van der Waals surface area contributed by atoms with Crippen molar-refractivity contribution in [1.82, 2.24) is 0 Å². The molecule has 2 rings (SSSR count). The first-order chi connectivity index (χ1) is 10.0. The number of rotatable bonds is 4. The molecule has 21 heavy (non-hydrogen) atoms. The summed E-state index contributed by atoms with van der Waals surface area (Å²) in [7, 11) is 0. The molecule has 2 atom stereocenters. The number of halogens is 1. The van der Waals surface area contributed by atoms with Crippen LogP contribution in [0, 0.1) is 5.92 Å². The lowest BCUT2D eigenvalue weighted by atomic mass is 10.0. The molecule has 1 aromatic carbocycles. The van der Waals surface area contributed by atoms with Crippen molar-refractivity contribution >= 4 is 34.8 Å². The number of carbonyl (C=O) groups excluding carboxylic acids is 2. The van der Waals surface area contributed by atoms with Crippen LogP contribution in [0.3, 0.4) is 0 Å². The van der Waals surface area contributed by atoms with E-state index < -0.39 is 0 Å². The molecular formula is C15H20ClN3O2. The average Bonchev–Trinajstić information content (AvgIpc) is 2.88. The molecular weight excluding hydrogens is 290 g/mol.